The SMILES string of the molecule is CCCOc1nc(N)nc(-c2ccc(F)cc2)c1-c1cc(C)nc(C(F)(F)F)c1. The second kappa shape index (κ2) is 8.02. The number of hydrogen-bond acceptors (Lipinski definition) is 5. The second-order valence-corrected chi connectivity index (χ2v) is 6.35. The Morgan fingerprint density at radius 3 is 2.31 bits per heavy atom. The molecule has 2 N–H and O–H groups in total. The molecule has 0 aliphatic rings. The fourth-order valence-electron chi connectivity index (χ4n) is 2.79. The van der Waals surface area contributed by atoms with Crippen LogP contribution in [0, 0.1) is 12.7 Å². The van der Waals surface area contributed by atoms with Crippen molar-refractivity contribution in [1.82, 2.24) is 15.0 Å². The summed E-state index contributed by atoms with van der Waals surface area (Å²) in [6.45, 7) is 3.62. The van der Waals surface area contributed by atoms with Crippen molar-refractivity contribution in [2.75, 3.05) is 12.3 Å². The van der Waals surface area contributed by atoms with E-state index >= 15 is 0 Å². The Morgan fingerprint density at radius 1 is 1.00 bits per heavy atom. The van der Waals surface area contributed by atoms with Crippen molar-refractivity contribution in [2.24, 2.45) is 0 Å². The molecule has 5 nitrogen and oxygen atoms in total. The summed E-state index contributed by atoms with van der Waals surface area (Å²) in [7, 11) is 0. The molecule has 0 radical (unpaired) electrons. The van der Waals surface area contributed by atoms with Crippen LogP contribution in [0.3, 0.4) is 0 Å². The molecule has 0 saturated heterocycles. The number of alkyl halides is 3. The minimum Gasteiger partial charge on any atom is -0.477 e. The number of aryl methyl sites for hydroxylation is 1. The van der Waals surface area contributed by atoms with E-state index in [1.165, 1.54) is 37.3 Å². The van der Waals surface area contributed by atoms with Gasteiger partial charge in [-0.2, -0.15) is 18.2 Å². The minimum atomic E-state index is -4.63. The smallest absolute Gasteiger partial charge is 0.433 e. The highest BCUT2D eigenvalue weighted by Crippen LogP contribution is 2.40. The number of benzene rings is 1. The van der Waals surface area contributed by atoms with Crippen molar-refractivity contribution in [3.63, 3.8) is 0 Å². The van der Waals surface area contributed by atoms with E-state index in [4.69, 9.17) is 10.5 Å². The van der Waals surface area contributed by atoms with E-state index in [-0.39, 0.29) is 40.9 Å². The van der Waals surface area contributed by atoms with E-state index in [1.807, 2.05) is 6.92 Å². The van der Waals surface area contributed by atoms with Crippen LogP contribution in [-0.2, 0) is 6.18 Å². The number of aromatic nitrogens is 3. The molecule has 29 heavy (non-hydrogen) atoms. The molecule has 2 aromatic heterocycles. The zero-order valence-electron chi connectivity index (χ0n) is 15.7. The van der Waals surface area contributed by atoms with Gasteiger partial charge in [-0.1, -0.05) is 6.92 Å². The lowest BCUT2D eigenvalue weighted by atomic mass is 9.99. The summed E-state index contributed by atoms with van der Waals surface area (Å²) < 4.78 is 59.0. The predicted octanol–water partition coefficient (Wildman–Crippen LogP) is 5.04. The topological polar surface area (TPSA) is 73.9 Å². The zero-order valence-corrected chi connectivity index (χ0v) is 15.7. The van der Waals surface area contributed by atoms with Crippen LogP contribution in [0.5, 0.6) is 5.88 Å². The Morgan fingerprint density at radius 2 is 1.69 bits per heavy atom. The highest BCUT2D eigenvalue weighted by molar-refractivity contribution is 5.85. The molecule has 1 aromatic carbocycles. The fraction of sp³-hybridized carbons (Fsp3) is 0.250. The van der Waals surface area contributed by atoms with E-state index in [9.17, 15) is 17.6 Å². The summed E-state index contributed by atoms with van der Waals surface area (Å²) >= 11 is 0. The van der Waals surface area contributed by atoms with Crippen LogP contribution >= 0.6 is 0 Å². The molecule has 152 valence electrons. The lowest BCUT2D eigenvalue weighted by Gasteiger charge is -2.17. The molecule has 0 spiro atoms. The van der Waals surface area contributed by atoms with Gasteiger partial charge >= 0.3 is 6.18 Å². The van der Waals surface area contributed by atoms with Crippen LogP contribution in [0.4, 0.5) is 23.5 Å². The molecule has 0 aliphatic heterocycles. The van der Waals surface area contributed by atoms with E-state index in [1.54, 1.807) is 0 Å². The van der Waals surface area contributed by atoms with Crippen molar-refractivity contribution < 1.29 is 22.3 Å². The Bertz CT molecular complexity index is 1020. The molecule has 0 fully saturated rings. The zero-order chi connectivity index (χ0) is 21.2. The summed E-state index contributed by atoms with van der Waals surface area (Å²) in [5.74, 6) is -0.516. The van der Waals surface area contributed by atoms with E-state index in [0.717, 1.165) is 6.07 Å². The average Bonchev–Trinajstić information content (AvgIpc) is 2.65. The molecule has 2 heterocycles. The van der Waals surface area contributed by atoms with Gasteiger partial charge < -0.3 is 10.5 Å². The Labute approximate surface area is 164 Å². The molecule has 0 aliphatic carbocycles. The summed E-state index contributed by atoms with van der Waals surface area (Å²) in [6, 6.07) is 7.77. The first-order valence-corrected chi connectivity index (χ1v) is 8.81. The number of hydrogen-bond donors (Lipinski definition) is 1. The molecule has 0 atom stereocenters. The number of anilines is 1. The number of nitrogens with two attached hydrogens (primary N) is 1. The van der Waals surface area contributed by atoms with Crippen molar-refractivity contribution >= 4 is 5.95 Å². The normalized spacial score (nSPS) is 11.5. The molecule has 3 aromatic rings. The van der Waals surface area contributed by atoms with Gasteiger partial charge in [0.2, 0.25) is 11.8 Å². The van der Waals surface area contributed by atoms with Crippen LogP contribution < -0.4 is 10.5 Å². The number of halogens is 4. The molecule has 3 rings (SSSR count). The molecule has 0 bridgehead atoms. The van der Waals surface area contributed by atoms with E-state index < -0.39 is 17.7 Å². The quantitative estimate of drug-likeness (QED) is 0.601. The largest absolute Gasteiger partial charge is 0.477 e. The third kappa shape index (κ3) is 4.61. The maximum absolute atomic E-state index is 13.4. The Kier molecular flexibility index (Phi) is 5.67. The minimum absolute atomic E-state index is 0.0531. The van der Waals surface area contributed by atoms with Crippen LogP contribution in [0.15, 0.2) is 36.4 Å². The molecule has 0 unspecified atom stereocenters. The monoisotopic (exact) mass is 406 g/mol. The van der Waals surface area contributed by atoms with E-state index in [0.29, 0.717) is 12.0 Å². The second-order valence-electron chi connectivity index (χ2n) is 6.35. The first-order valence-electron chi connectivity index (χ1n) is 8.81. The molecule has 0 amide bonds. The van der Waals surface area contributed by atoms with Crippen molar-refractivity contribution in [2.45, 2.75) is 26.4 Å². The highest BCUT2D eigenvalue weighted by atomic mass is 19.4. The lowest BCUT2D eigenvalue weighted by molar-refractivity contribution is -0.141. The fourth-order valence-corrected chi connectivity index (χ4v) is 2.79. The van der Waals surface area contributed by atoms with Gasteiger partial charge in [-0.15, -0.1) is 0 Å². The van der Waals surface area contributed by atoms with Gasteiger partial charge in [0.05, 0.1) is 17.9 Å². The van der Waals surface area contributed by atoms with Gasteiger partial charge in [0.25, 0.3) is 0 Å². The van der Waals surface area contributed by atoms with Crippen LogP contribution in [0.2, 0.25) is 0 Å². The maximum atomic E-state index is 13.4. The average molecular weight is 406 g/mol. The standard InChI is InChI=1S/C20H18F4N4O/c1-3-8-29-18-16(13-9-11(2)26-15(10-13)20(22,23)24)17(27-19(25)28-18)12-4-6-14(21)7-5-12/h4-7,9-10H,3,8H2,1-2H3,(H2,25,27,28). The first kappa shape index (κ1) is 20.5. The third-order valence-electron chi connectivity index (χ3n) is 3.99. The highest BCUT2D eigenvalue weighted by Gasteiger charge is 2.33. The number of pyridine rings is 1. The van der Waals surface area contributed by atoms with Gasteiger partial charge in [0.1, 0.15) is 11.5 Å². The van der Waals surface area contributed by atoms with Gasteiger partial charge in [0.15, 0.2) is 0 Å². The van der Waals surface area contributed by atoms with Crippen molar-refractivity contribution in [3.8, 4) is 28.3 Å². The lowest BCUT2D eigenvalue weighted by Crippen LogP contribution is -2.10. The molecule has 9 heteroatoms. The summed E-state index contributed by atoms with van der Waals surface area (Å²) in [5.41, 5.74) is 6.03. The summed E-state index contributed by atoms with van der Waals surface area (Å²) in [6.07, 6.45) is -3.98. The Balaban J connectivity index is 2.31. The summed E-state index contributed by atoms with van der Waals surface area (Å²) in [4.78, 5) is 11.9. The first-order chi connectivity index (χ1) is 13.7. The van der Waals surface area contributed by atoms with Crippen molar-refractivity contribution in [3.05, 3.63) is 53.6 Å². The van der Waals surface area contributed by atoms with Gasteiger partial charge in [-0.3, -0.25) is 0 Å². The summed E-state index contributed by atoms with van der Waals surface area (Å²) in [5, 5.41) is 0. The number of nitrogens with zero attached hydrogens (tertiary/aromatic N) is 3. The molecular weight excluding hydrogens is 388 g/mol. The van der Waals surface area contributed by atoms with Crippen LogP contribution in [-0.4, -0.2) is 21.6 Å². The number of nitrogen functional groups attached to an aromatic ring is 1. The van der Waals surface area contributed by atoms with Crippen LogP contribution in [0.25, 0.3) is 22.4 Å². The predicted molar refractivity (Wildman–Crippen MR) is 101 cm³/mol. The van der Waals surface area contributed by atoms with Crippen LogP contribution in [0.1, 0.15) is 24.7 Å². The molecule has 0 saturated carbocycles. The van der Waals surface area contributed by atoms with Gasteiger partial charge in [-0.05, 0) is 55.3 Å². The Hall–Kier alpha value is -3.23. The van der Waals surface area contributed by atoms with Gasteiger partial charge in [-0.25, -0.2) is 14.4 Å². The number of ether oxygens (including phenoxy) is 1. The van der Waals surface area contributed by atoms with Gasteiger partial charge in [0, 0.05) is 11.3 Å². The number of rotatable bonds is 5. The maximum Gasteiger partial charge on any atom is 0.433 e. The van der Waals surface area contributed by atoms with Crippen molar-refractivity contribution in [1.29, 1.82) is 0 Å². The van der Waals surface area contributed by atoms with E-state index in [2.05, 4.69) is 15.0 Å². The third-order valence-corrected chi connectivity index (χ3v) is 3.99. The molecular formula is C20H18F4N4O.